The second-order valence-corrected chi connectivity index (χ2v) is 5.13. The van der Waals surface area contributed by atoms with Crippen molar-refractivity contribution in [3.63, 3.8) is 0 Å². The Kier molecular flexibility index (Phi) is 3.20. The smallest absolute Gasteiger partial charge is 0.205 e. The molecule has 0 saturated heterocycles. The number of hydrogen-bond donors (Lipinski definition) is 2. The molecule has 2 aromatic carbocycles. The van der Waals surface area contributed by atoms with E-state index in [0.29, 0.717) is 16.3 Å². The lowest BCUT2D eigenvalue weighted by atomic mass is 9.83. The third-order valence-electron chi connectivity index (χ3n) is 3.41. The van der Waals surface area contributed by atoms with Gasteiger partial charge >= 0.3 is 0 Å². The van der Waals surface area contributed by atoms with Gasteiger partial charge in [-0.25, -0.2) is 0 Å². The maximum Gasteiger partial charge on any atom is 0.205 e. The van der Waals surface area contributed by atoms with Gasteiger partial charge in [0.15, 0.2) is 0 Å². The molecule has 3 N–H and O–H groups in total. The fourth-order valence-corrected chi connectivity index (χ4v) is 2.57. The zero-order chi connectivity index (χ0) is 15.0. The highest BCUT2D eigenvalue weighted by atomic mass is 35.5. The Balaban J connectivity index is 2.21. The molecule has 0 unspecified atom stereocenters. The number of rotatable bonds is 1. The molecule has 0 aromatic heterocycles. The van der Waals surface area contributed by atoms with Crippen LogP contribution in [0.3, 0.4) is 0 Å². The molecule has 0 aliphatic carbocycles. The Labute approximate surface area is 126 Å². The molecule has 1 heterocycles. The van der Waals surface area contributed by atoms with Crippen LogP contribution in [0.15, 0.2) is 53.9 Å². The summed E-state index contributed by atoms with van der Waals surface area (Å²) in [6.45, 7) is 0. The van der Waals surface area contributed by atoms with Gasteiger partial charge in [-0.05, 0) is 23.8 Å². The number of aromatic hydroxyl groups is 1. The standard InChI is InChI=1S/C16H11ClN2O2/c17-10-3-1-9(2-4-10)15-12-6-5-11(20)7-14(12)21-16(19)13(15)8-18/h1-7,15,20H,19H2/t15-/m1/s1. The lowest BCUT2D eigenvalue weighted by molar-refractivity contribution is 0.388. The normalized spacial score (nSPS) is 16.9. The van der Waals surface area contributed by atoms with Gasteiger partial charge in [-0.1, -0.05) is 29.8 Å². The zero-order valence-electron chi connectivity index (χ0n) is 10.9. The van der Waals surface area contributed by atoms with Crippen molar-refractivity contribution < 1.29 is 9.84 Å². The quantitative estimate of drug-likeness (QED) is 0.847. The molecule has 0 radical (unpaired) electrons. The van der Waals surface area contributed by atoms with Crippen LogP contribution in [-0.2, 0) is 0 Å². The summed E-state index contributed by atoms with van der Waals surface area (Å²) in [5.74, 6) is 0.246. The second-order valence-electron chi connectivity index (χ2n) is 4.70. The number of phenols is 1. The first-order chi connectivity index (χ1) is 10.1. The highest BCUT2D eigenvalue weighted by molar-refractivity contribution is 6.30. The number of nitrogens with two attached hydrogens (primary N) is 1. The van der Waals surface area contributed by atoms with Gasteiger partial charge in [-0.2, -0.15) is 5.26 Å². The summed E-state index contributed by atoms with van der Waals surface area (Å²) in [4.78, 5) is 0. The predicted molar refractivity (Wildman–Crippen MR) is 78.9 cm³/mol. The summed E-state index contributed by atoms with van der Waals surface area (Å²) in [5.41, 5.74) is 7.84. The number of halogens is 1. The molecule has 1 aliphatic rings. The van der Waals surface area contributed by atoms with Crippen molar-refractivity contribution in [1.29, 1.82) is 5.26 Å². The highest BCUT2D eigenvalue weighted by Gasteiger charge is 2.30. The maximum atomic E-state index is 9.57. The topological polar surface area (TPSA) is 79.3 Å². The number of ether oxygens (including phenoxy) is 1. The van der Waals surface area contributed by atoms with Crippen LogP contribution in [0.5, 0.6) is 11.5 Å². The van der Waals surface area contributed by atoms with E-state index in [1.807, 2.05) is 12.1 Å². The van der Waals surface area contributed by atoms with Crippen LogP contribution >= 0.6 is 11.6 Å². The van der Waals surface area contributed by atoms with Crippen LogP contribution in [0.2, 0.25) is 5.02 Å². The van der Waals surface area contributed by atoms with E-state index in [9.17, 15) is 10.4 Å². The van der Waals surface area contributed by atoms with Crippen LogP contribution in [-0.4, -0.2) is 5.11 Å². The Hall–Kier alpha value is -2.64. The van der Waals surface area contributed by atoms with Crippen molar-refractivity contribution in [2.45, 2.75) is 5.92 Å². The molecule has 1 aliphatic heterocycles. The molecule has 104 valence electrons. The van der Waals surface area contributed by atoms with Crippen molar-refractivity contribution in [3.8, 4) is 17.6 Å². The largest absolute Gasteiger partial charge is 0.508 e. The first-order valence-electron chi connectivity index (χ1n) is 6.26. The molecule has 2 aromatic rings. The van der Waals surface area contributed by atoms with E-state index in [1.165, 1.54) is 6.07 Å². The third-order valence-corrected chi connectivity index (χ3v) is 3.66. The maximum absolute atomic E-state index is 9.57. The van der Waals surface area contributed by atoms with Crippen LogP contribution in [0.4, 0.5) is 0 Å². The van der Waals surface area contributed by atoms with Crippen LogP contribution in [0.25, 0.3) is 0 Å². The molecule has 4 nitrogen and oxygen atoms in total. The van der Waals surface area contributed by atoms with E-state index in [1.54, 1.807) is 24.3 Å². The Morgan fingerprint density at radius 1 is 1.19 bits per heavy atom. The lowest BCUT2D eigenvalue weighted by Gasteiger charge is -2.26. The minimum atomic E-state index is -0.336. The number of hydrogen-bond acceptors (Lipinski definition) is 4. The number of nitrogens with zero attached hydrogens (tertiary/aromatic N) is 1. The van der Waals surface area contributed by atoms with Crippen molar-refractivity contribution in [3.05, 3.63) is 70.1 Å². The molecule has 1 atom stereocenters. The predicted octanol–water partition coefficient (Wildman–Crippen LogP) is 3.26. The van der Waals surface area contributed by atoms with Crippen LogP contribution in [0.1, 0.15) is 17.0 Å². The van der Waals surface area contributed by atoms with E-state index in [-0.39, 0.29) is 17.6 Å². The fraction of sp³-hybridized carbons (Fsp3) is 0.0625. The van der Waals surface area contributed by atoms with Crippen LogP contribution in [0, 0.1) is 11.3 Å². The summed E-state index contributed by atoms with van der Waals surface area (Å²) in [7, 11) is 0. The van der Waals surface area contributed by atoms with Gasteiger partial charge in [0.1, 0.15) is 23.1 Å². The lowest BCUT2D eigenvalue weighted by Crippen LogP contribution is -2.20. The highest BCUT2D eigenvalue weighted by Crippen LogP contribution is 2.43. The monoisotopic (exact) mass is 298 g/mol. The van der Waals surface area contributed by atoms with Crippen molar-refractivity contribution in [1.82, 2.24) is 0 Å². The first kappa shape index (κ1) is 13.3. The van der Waals surface area contributed by atoms with Gasteiger partial charge in [0.2, 0.25) is 5.88 Å². The number of benzene rings is 2. The molecule has 21 heavy (non-hydrogen) atoms. The summed E-state index contributed by atoms with van der Waals surface area (Å²) in [6, 6.07) is 14.1. The summed E-state index contributed by atoms with van der Waals surface area (Å²) >= 11 is 5.91. The Morgan fingerprint density at radius 2 is 1.90 bits per heavy atom. The molecule has 0 fully saturated rings. The van der Waals surface area contributed by atoms with Crippen LogP contribution < -0.4 is 10.5 Å². The van der Waals surface area contributed by atoms with E-state index in [0.717, 1.165) is 11.1 Å². The average Bonchev–Trinajstić information content (AvgIpc) is 2.46. The summed E-state index contributed by atoms with van der Waals surface area (Å²) < 4.78 is 5.44. The molecule has 0 saturated carbocycles. The van der Waals surface area contributed by atoms with E-state index >= 15 is 0 Å². The number of fused-ring (bicyclic) bond motifs is 1. The Morgan fingerprint density at radius 3 is 2.57 bits per heavy atom. The summed E-state index contributed by atoms with van der Waals surface area (Å²) in [6.07, 6.45) is 0. The zero-order valence-corrected chi connectivity index (χ0v) is 11.6. The fourth-order valence-electron chi connectivity index (χ4n) is 2.44. The van der Waals surface area contributed by atoms with E-state index in [4.69, 9.17) is 22.1 Å². The van der Waals surface area contributed by atoms with Gasteiger partial charge in [-0.15, -0.1) is 0 Å². The van der Waals surface area contributed by atoms with Gasteiger partial charge in [0.05, 0.1) is 5.92 Å². The van der Waals surface area contributed by atoms with Crippen molar-refractivity contribution >= 4 is 11.6 Å². The van der Waals surface area contributed by atoms with E-state index < -0.39 is 0 Å². The minimum absolute atomic E-state index is 0.0514. The van der Waals surface area contributed by atoms with Gasteiger partial charge in [0.25, 0.3) is 0 Å². The third kappa shape index (κ3) is 2.28. The van der Waals surface area contributed by atoms with Crippen molar-refractivity contribution in [2.24, 2.45) is 5.73 Å². The molecule has 0 amide bonds. The Bertz CT molecular complexity index is 776. The van der Waals surface area contributed by atoms with Gasteiger partial charge in [-0.3, -0.25) is 0 Å². The molecular formula is C16H11ClN2O2. The average molecular weight is 299 g/mol. The second kappa shape index (κ2) is 5.04. The molecular weight excluding hydrogens is 288 g/mol. The molecule has 0 spiro atoms. The number of nitriles is 1. The summed E-state index contributed by atoms with van der Waals surface area (Å²) in [5, 5.41) is 19.6. The molecule has 0 bridgehead atoms. The molecule has 5 heteroatoms. The SMILES string of the molecule is N#CC1=C(N)Oc2cc(O)ccc2[C@H]1c1ccc(Cl)cc1. The van der Waals surface area contributed by atoms with Crippen molar-refractivity contribution in [2.75, 3.05) is 0 Å². The minimum Gasteiger partial charge on any atom is -0.508 e. The first-order valence-corrected chi connectivity index (χ1v) is 6.64. The van der Waals surface area contributed by atoms with E-state index in [2.05, 4.69) is 6.07 Å². The molecule has 3 rings (SSSR count). The van der Waals surface area contributed by atoms with Gasteiger partial charge in [0, 0.05) is 16.7 Å². The van der Waals surface area contributed by atoms with Gasteiger partial charge < -0.3 is 15.6 Å². The number of phenolic OH excluding ortho intramolecular Hbond substituents is 1. The number of allylic oxidation sites excluding steroid dienone is 1.